The van der Waals surface area contributed by atoms with Crippen molar-refractivity contribution < 1.29 is 27.1 Å². The molecule has 2 aromatic carbocycles. The van der Waals surface area contributed by atoms with E-state index in [2.05, 4.69) is 5.32 Å². The maximum Gasteiger partial charge on any atom is 0.416 e. The third-order valence-corrected chi connectivity index (χ3v) is 4.53. The van der Waals surface area contributed by atoms with Crippen molar-refractivity contribution in [3.63, 3.8) is 0 Å². The van der Waals surface area contributed by atoms with Gasteiger partial charge in [0, 0.05) is 24.8 Å². The van der Waals surface area contributed by atoms with Gasteiger partial charge in [-0.2, -0.15) is 13.2 Å². The molecule has 4 nitrogen and oxygen atoms in total. The molecule has 1 heterocycles. The third-order valence-electron chi connectivity index (χ3n) is 4.53. The average Bonchev–Trinajstić information content (AvgIpc) is 2.95. The first-order valence-corrected chi connectivity index (χ1v) is 9.30. The normalized spacial score (nSPS) is 17.1. The van der Waals surface area contributed by atoms with E-state index in [4.69, 9.17) is 4.74 Å². The molecule has 0 spiro atoms. The summed E-state index contributed by atoms with van der Waals surface area (Å²) in [6, 6.07) is 8.61. The molecule has 8 heteroatoms. The second kappa shape index (κ2) is 8.31. The number of hydrogen-bond donors (Lipinski definition) is 1. The van der Waals surface area contributed by atoms with E-state index < -0.39 is 17.8 Å². The lowest BCUT2D eigenvalue weighted by atomic mass is 10.1. The SMILES string of the molecule is CC(C)Oc1cc(NC2CCN(Cc3ccc(F)cc3)C2=O)cc(C(F)(F)F)c1. The molecule has 0 bridgehead atoms. The van der Waals surface area contributed by atoms with Crippen LogP contribution in [0.15, 0.2) is 42.5 Å². The van der Waals surface area contributed by atoms with Gasteiger partial charge in [0.1, 0.15) is 17.6 Å². The zero-order valence-electron chi connectivity index (χ0n) is 16.1. The van der Waals surface area contributed by atoms with Crippen LogP contribution in [0.5, 0.6) is 5.75 Å². The van der Waals surface area contributed by atoms with E-state index in [0.29, 0.717) is 19.5 Å². The van der Waals surface area contributed by atoms with Crippen LogP contribution in [-0.4, -0.2) is 29.5 Å². The van der Waals surface area contributed by atoms with Gasteiger partial charge in [-0.1, -0.05) is 12.1 Å². The standard InChI is InChI=1S/C21H22F4N2O2/c1-13(2)29-18-10-15(21(23,24)25)9-17(11-18)26-19-7-8-27(20(19)28)12-14-3-5-16(22)6-4-14/h3-6,9-11,13,19,26H,7-8,12H2,1-2H3. The van der Waals surface area contributed by atoms with Crippen LogP contribution in [0, 0.1) is 5.82 Å². The highest BCUT2D eigenvalue weighted by Crippen LogP contribution is 2.35. The lowest BCUT2D eigenvalue weighted by Crippen LogP contribution is -2.33. The molecule has 0 radical (unpaired) electrons. The van der Waals surface area contributed by atoms with Crippen LogP contribution in [0.1, 0.15) is 31.4 Å². The molecular formula is C21H22F4N2O2. The second-order valence-electron chi connectivity index (χ2n) is 7.28. The van der Waals surface area contributed by atoms with E-state index in [-0.39, 0.29) is 29.3 Å². The number of ether oxygens (including phenoxy) is 1. The lowest BCUT2D eigenvalue weighted by molar-refractivity contribution is -0.137. The largest absolute Gasteiger partial charge is 0.491 e. The third kappa shape index (κ3) is 5.40. The summed E-state index contributed by atoms with van der Waals surface area (Å²) in [6.07, 6.45) is -4.36. The minimum absolute atomic E-state index is 0.0888. The van der Waals surface area contributed by atoms with Crippen molar-refractivity contribution in [2.45, 2.75) is 45.1 Å². The fourth-order valence-corrected chi connectivity index (χ4v) is 3.23. The van der Waals surface area contributed by atoms with Crippen LogP contribution >= 0.6 is 0 Å². The Balaban J connectivity index is 1.73. The molecule has 0 aliphatic carbocycles. The second-order valence-corrected chi connectivity index (χ2v) is 7.28. The zero-order chi connectivity index (χ0) is 21.2. The van der Waals surface area contributed by atoms with Crippen molar-refractivity contribution in [2.24, 2.45) is 0 Å². The molecule has 1 aliphatic heterocycles. The number of nitrogens with zero attached hydrogens (tertiary/aromatic N) is 1. The Bertz CT molecular complexity index is 866. The Hall–Kier alpha value is -2.77. The van der Waals surface area contributed by atoms with Gasteiger partial charge in [-0.15, -0.1) is 0 Å². The summed E-state index contributed by atoms with van der Waals surface area (Å²) in [5.41, 5.74) is 0.122. The Morgan fingerprint density at radius 3 is 2.48 bits per heavy atom. The number of amides is 1. The first-order valence-electron chi connectivity index (χ1n) is 9.30. The molecule has 0 aromatic heterocycles. The summed E-state index contributed by atoms with van der Waals surface area (Å²) in [5.74, 6) is -0.478. The van der Waals surface area contributed by atoms with Crippen LogP contribution in [-0.2, 0) is 17.5 Å². The fourth-order valence-electron chi connectivity index (χ4n) is 3.23. The molecule has 156 valence electrons. The highest BCUT2D eigenvalue weighted by atomic mass is 19.4. The minimum atomic E-state index is -4.53. The van der Waals surface area contributed by atoms with Gasteiger partial charge in [-0.3, -0.25) is 4.79 Å². The van der Waals surface area contributed by atoms with Gasteiger partial charge in [-0.25, -0.2) is 4.39 Å². The summed E-state index contributed by atoms with van der Waals surface area (Å²) in [5, 5.41) is 2.91. The summed E-state index contributed by atoms with van der Waals surface area (Å²) in [6.45, 7) is 4.23. The number of halogens is 4. The molecule has 1 atom stereocenters. The molecular weight excluding hydrogens is 388 g/mol. The number of carbonyl (C=O) groups is 1. The number of rotatable bonds is 6. The van der Waals surface area contributed by atoms with Crippen LogP contribution < -0.4 is 10.1 Å². The molecule has 1 N–H and O–H groups in total. The molecule has 1 amide bonds. The fraction of sp³-hybridized carbons (Fsp3) is 0.381. The highest BCUT2D eigenvalue weighted by molar-refractivity contribution is 5.86. The van der Waals surface area contributed by atoms with Crippen molar-refractivity contribution >= 4 is 11.6 Å². The Morgan fingerprint density at radius 2 is 1.86 bits per heavy atom. The number of carbonyl (C=O) groups excluding carboxylic acids is 1. The van der Waals surface area contributed by atoms with E-state index in [1.165, 1.54) is 18.2 Å². The Morgan fingerprint density at radius 1 is 1.17 bits per heavy atom. The molecule has 2 aromatic rings. The number of anilines is 1. The summed E-state index contributed by atoms with van der Waals surface area (Å²) in [7, 11) is 0. The first kappa shape index (κ1) is 21.0. The minimum Gasteiger partial charge on any atom is -0.491 e. The average molecular weight is 410 g/mol. The summed E-state index contributed by atoms with van der Waals surface area (Å²) < 4.78 is 58.1. The first-order chi connectivity index (χ1) is 13.6. The van der Waals surface area contributed by atoms with E-state index in [0.717, 1.165) is 17.7 Å². The maximum absolute atomic E-state index is 13.2. The molecule has 29 heavy (non-hydrogen) atoms. The Kier molecular flexibility index (Phi) is 6.00. The zero-order valence-corrected chi connectivity index (χ0v) is 16.1. The van der Waals surface area contributed by atoms with Gasteiger partial charge in [0.25, 0.3) is 0 Å². The van der Waals surface area contributed by atoms with Crippen molar-refractivity contribution in [1.82, 2.24) is 4.90 Å². The quantitative estimate of drug-likeness (QED) is 0.693. The topological polar surface area (TPSA) is 41.6 Å². The molecule has 3 rings (SSSR count). The van der Waals surface area contributed by atoms with Crippen LogP contribution in [0.4, 0.5) is 23.2 Å². The van der Waals surface area contributed by atoms with E-state index in [1.54, 1.807) is 30.9 Å². The van der Waals surface area contributed by atoms with E-state index >= 15 is 0 Å². The van der Waals surface area contributed by atoms with Gasteiger partial charge in [0.15, 0.2) is 0 Å². The van der Waals surface area contributed by atoms with Crippen LogP contribution in [0.3, 0.4) is 0 Å². The van der Waals surface area contributed by atoms with Crippen molar-refractivity contribution in [2.75, 3.05) is 11.9 Å². The number of alkyl halides is 3. The van der Waals surface area contributed by atoms with Crippen LogP contribution in [0.2, 0.25) is 0 Å². The number of nitrogens with one attached hydrogen (secondary N) is 1. The Labute approximate surface area is 166 Å². The predicted molar refractivity (Wildman–Crippen MR) is 101 cm³/mol. The number of hydrogen-bond acceptors (Lipinski definition) is 3. The van der Waals surface area contributed by atoms with Gasteiger partial charge in [0.2, 0.25) is 5.91 Å². The number of benzene rings is 2. The summed E-state index contributed by atoms with van der Waals surface area (Å²) in [4.78, 5) is 14.3. The summed E-state index contributed by atoms with van der Waals surface area (Å²) >= 11 is 0. The van der Waals surface area contributed by atoms with Crippen LogP contribution in [0.25, 0.3) is 0 Å². The van der Waals surface area contributed by atoms with Crippen molar-refractivity contribution in [3.05, 3.63) is 59.4 Å². The van der Waals surface area contributed by atoms with E-state index in [9.17, 15) is 22.4 Å². The maximum atomic E-state index is 13.2. The van der Waals surface area contributed by atoms with Gasteiger partial charge in [0.05, 0.1) is 11.7 Å². The predicted octanol–water partition coefficient (Wildman–Crippen LogP) is 4.84. The molecule has 1 saturated heterocycles. The molecule has 1 fully saturated rings. The monoisotopic (exact) mass is 410 g/mol. The van der Waals surface area contributed by atoms with Crippen molar-refractivity contribution in [3.8, 4) is 5.75 Å². The van der Waals surface area contributed by atoms with E-state index in [1.807, 2.05) is 0 Å². The molecule has 1 aliphatic rings. The van der Waals surface area contributed by atoms with Crippen molar-refractivity contribution in [1.29, 1.82) is 0 Å². The molecule has 0 saturated carbocycles. The smallest absolute Gasteiger partial charge is 0.416 e. The molecule has 1 unspecified atom stereocenters. The van der Waals surface area contributed by atoms with Gasteiger partial charge in [-0.05, 0) is 50.1 Å². The van der Waals surface area contributed by atoms with Gasteiger partial charge < -0.3 is 15.0 Å². The number of likely N-dealkylation sites (tertiary alicyclic amines) is 1. The highest BCUT2D eigenvalue weighted by Gasteiger charge is 2.34. The van der Waals surface area contributed by atoms with Gasteiger partial charge >= 0.3 is 6.18 Å². The lowest BCUT2D eigenvalue weighted by Gasteiger charge is -2.19.